The number of nitrogens with one attached hydrogen (secondary N) is 2. The third kappa shape index (κ3) is 10.8. The minimum Gasteiger partial charge on any atom is -0.356 e. The predicted molar refractivity (Wildman–Crippen MR) is 82.1 cm³/mol. The molecule has 5 heteroatoms. The summed E-state index contributed by atoms with van der Waals surface area (Å²) in [5.74, 6) is 1.17. The summed E-state index contributed by atoms with van der Waals surface area (Å²) in [7, 11) is 0. The Balaban J connectivity index is 3.79. The fourth-order valence-corrected chi connectivity index (χ4v) is 1.99. The molecule has 2 amide bonds. The molecule has 0 saturated carbocycles. The fraction of sp³-hybridized carbons (Fsp3) is 0.867. The molecular weight excluding hydrogens is 254 g/mol. The largest absolute Gasteiger partial charge is 0.356 e. The summed E-state index contributed by atoms with van der Waals surface area (Å²) in [5, 5.41) is 5.61. The highest BCUT2D eigenvalue weighted by Gasteiger charge is 2.14. The molecule has 0 unspecified atom stereocenters. The lowest BCUT2D eigenvalue weighted by atomic mass is 9.94. The molecule has 0 spiro atoms. The quantitative estimate of drug-likeness (QED) is 0.565. The summed E-state index contributed by atoms with van der Waals surface area (Å²) >= 11 is 0. The Morgan fingerprint density at radius 1 is 1.00 bits per heavy atom. The van der Waals surface area contributed by atoms with Gasteiger partial charge in [0.05, 0.1) is 0 Å². The molecule has 118 valence electrons. The van der Waals surface area contributed by atoms with Gasteiger partial charge in [-0.2, -0.15) is 0 Å². The van der Waals surface area contributed by atoms with Crippen molar-refractivity contribution in [2.75, 3.05) is 19.6 Å². The minimum atomic E-state index is -0.0171. The predicted octanol–water partition coefficient (Wildman–Crippen LogP) is 1.28. The molecule has 0 fully saturated rings. The summed E-state index contributed by atoms with van der Waals surface area (Å²) in [6, 6.07) is 0. The molecule has 5 nitrogen and oxygen atoms in total. The van der Waals surface area contributed by atoms with E-state index in [0.29, 0.717) is 44.3 Å². The summed E-state index contributed by atoms with van der Waals surface area (Å²) < 4.78 is 0. The van der Waals surface area contributed by atoms with Crippen molar-refractivity contribution in [3.05, 3.63) is 0 Å². The lowest BCUT2D eigenvalue weighted by Gasteiger charge is -2.16. The van der Waals surface area contributed by atoms with E-state index in [0.717, 1.165) is 6.42 Å². The van der Waals surface area contributed by atoms with Gasteiger partial charge in [0.25, 0.3) is 0 Å². The van der Waals surface area contributed by atoms with E-state index in [1.54, 1.807) is 0 Å². The standard InChI is InChI=1S/C15H31N3O2/c1-11(2)7-13(9-16)8-15(20)17-6-5-14(19)18-10-12(3)4/h11-13H,5-10,16H2,1-4H3,(H,17,20)(H,18,19)/t13-/m0/s1. The average Bonchev–Trinajstić information content (AvgIpc) is 2.34. The number of hydrogen-bond acceptors (Lipinski definition) is 3. The van der Waals surface area contributed by atoms with Gasteiger partial charge in [0, 0.05) is 25.9 Å². The van der Waals surface area contributed by atoms with Crippen LogP contribution in [0.5, 0.6) is 0 Å². The molecule has 1 atom stereocenters. The number of amides is 2. The monoisotopic (exact) mass is 285 g/mol. The molecule has 0 aliphatic carbocycles. The molecule has 0 heterocycles. The van der Waals surface area contributed by atoms with Crippen LogP contribution >= 0.6 is 0 Å². The van der Waals surface area contributed by atoms with E-state index >= 15 is 0 Å². The number of carbonyl (C=O) groups is 2. The first-order valence-corrected chi connectivity index (χ1v) is 7.58. The van der Waals surface area contributed by atoms with Crippen molar-refractivity contribution >= 4 is 11.8 Å². The topological polar surface area (TPSA) is 84.2 Å². The second-order valence-electron chi connectivity index (χ2n) is 6.23. The van der Waals surface area contributed by atoms with Gasteiger partial charge in [0.15, 0.2) is 0 Å². The molecule has 20 heavy (non-hydrogen) atoms. The highest BCUT2D eigenvalue weighted by Crippen LogP contribution is 2.13. The molecule has 0 aromatic carbocycles. The molecule has 0 aliphatic heterocycles. The van der Waals surface area contributed by atoms with Crippen molar-refractivity contribution in [3.63, 3.8) is 0 Å². The third-order valence-corrected chi connectivity index (χ3v) is 2.99. The lowest BCUT2D eigenvalue weighted by molar-refractivity contribution is -0.123. The number of carbonyl (C=O) groups excluding carboxylic acids is 2. The smallest absolute Gasteiger partial charge is 0.221 e. The van der Waals surface area contributed by atoms with Gasteiger partial charge in [-0.3, -0.25) is 9.59 Å². The minimum absolute atomic E-state index is 0.0160. The zero-order valence-electron chi connectivity index (χ0n) is 13.4. The van der Waals surface area contributed by atoms with E-state index in [-0.39, 0.29) is 17.7 Å². The van der Waals surface area contributed by atoms with Gasteiger partial charge >= 0.3 is 0 Å². The zero-order chi connectivity index (χ0) is 15.5. The van der Waals surface area contributed by atoms with Crippen LogP contribution in [0, 0.1) is 17.8 Å². The molecule has 0 aromatic rings. The van der Waals surface area contributed by atoms with E-state index in [9.17, 15) is 9.59 Å². The van der Waals surface area contributed by atoms with Crippen LogP contribution in [0.3, 0.4) is 0 Å². The first kappa shape index (κ1) is 18.9. The van der Waals surface area contributed by atoms with Crippen molar-refractivity contribution in [2.45, 2.75) is 47.0 Å². The third-order valence-electron chi connectivity index (χ3n) is 2.99. The van der Waals surface area contributed by atoms with Crippen LogP contribution < -0.4 is 16.4 Å². The van der Waals surface area contributed by atoms with Crippen LogP contribution in [0.25, 0.3) is 0 Å². The Hall–Kier alpha value is -1.10. The van der Waals surface area contributed by atoms with Crippen molar-refractivity contribution in [2.24, 2.45) is 23.5 Å². The molecule has 0 rings (SSSR count). The van der Waals surface area contributed by atoms with Gasteiger partial charge in [0.1, 0.15) is 0 Å². The Kier molecular flexibility index (Phi) is 10.1. The summed E-state index contributed by atoms with van der Waals surface area (Å²) in [6.45, 7) is 9.94. The van der Waals surface area contributed by atoms with Crippen LogP contribution in [-0.2, 0) is 9.59 Å². The van der Waals surface area contributed by atoms with Gasteiger partial charge in [-0.05, 0) is 30.7 Å². The average molecular weight is 285 g/mol. The second kappa shape index (κ2) is 10.7. The Labute approximate surface area is 123 Å². The number of rotatable bonds is 10. The Morgan fingerprint density at radius 2 is 1.65 bits per heavy atom. The van der Waals surface area contributed by atoms with Crippen molar-refractivity contribution in [1.29, 1.82) is 0 Å². The van der Waals surface area contributed by atoms with Gasteiger partial charge < -0.3 is 16.4 Å². The van der Waals surface area contributed by atoms with Crippen LogP contribution in [0.1, 0.15) is 47.0 Å². The lowest BCUT2D eigenvalue weighted by Crippen LogP contribution is -2.33. The summed E-state index contributed by atoms with van der Waals surface area (Å²) in [4.78, 5) is 23.2. The van der Waals surface area contributed by atoms with Gasteiger partial charge in [-0.25, -0.2) is 0 Å². The van der Waals surface area contributed by atoms with Crippen LogP contribution in [0.15, 0.2) is 0 Å². The molecule has 4 N–H and O–H groups in total. The summed E-state index contributed by atoms with van der Waals surface area (Å²) in [5.41, 5.74) is 5.67. The molecule has 0 aliphatic rings. The molecular formula is C15H31N3O2. The van der Waals surface area contributed by atoms with Crippen LogP contribution in [0.2, 0.25) is 0 Å². The van der Waals surface area contributed by atoms with Crippen molar-refractivity contribution in [3.8, 4) is 0 Å². The first-order chi connectivity index (χ1) is 9.35. The molecule has 0 radical (unpaired) electrons. The highest BCUT2D eigenvalue weighted by molar-refractivity contribution is 5.79. The fourth-order valence-electron chi connectivity index (χ4n) is 1.99. The summed E-state index contributed by atoms with van der Waals surface area (Å²) in [6.07, 6.45) is 1.73. The van der Waals surface area contributed by atoms with E-state index in [2.05, 4.69) is 24.5 Å². The number of nitrogens with two attached hydrogens (primary N) is 1. The second-order valence-corrected chi connectivity index (χ2v) is 6.23. The van der Waals surface area contributed by atoms with E-state index in [4.69, 9.17) is 5.73 Å². The first-order valence-electron chi connectivity index (χ1n) is 7.58. The van der Waals surface area contributed by atoms with Crippen LogP contribution in [-0.4, -0.2) is 31.4 Å². The Bertz CT molecular complexity index is 291. The highest BCUT2D eigenvalue weighted by atomic mass is 16.2. The molecule has 0 bridgehead atoms. The maximum absolute atomic E-state index is 11.7. The SMILES string of the molecule is CC(C)CNC(=O)CCNC(=O)C[C@@H](CN)CC(C)C. The normalized spacial score (nSPS) is 12.6. The maximum Gasteiger partial charge on any atom is 0.221 e. The van der Waals surface area contributed by atoms with E-state index in [1.807, 2.05) is 13.8 Å². The van der Waals surface area contributed by atoms with Gasteiger partial charge in [0.2, 0.25) is 11.8 Å². The molecule has 0 saturated heterocycles. The van der Waals surface area contributed by atoms with Gasteiger partial charge in [-0.15, -0.1) is 0 Å². The van der Waals surface area contributed by atoms with Crippen molar-refractivity contribution in [1.82, 2.24) is 10.6 Å². The maximum atomic E-state index is 11.7. The van der Waals surface area contributed by atoms with Crippen LogP contribution in [0.4, 0.5) is 0 Å². The number of hydrogen-bond donors (Lipinski definition) is 3. The zero-order valence-corrected chi connectivity index (χ0v) is 13.4. The van der Waals surface area contributed by atoms with Gasteiger partial charge in [-0.1, -0.05) is 27.7 Å². The van der Waals surface area contributed by atoms with E-state index < -0.39 is 0 Å². The van der Waals surface area contributed by atoms with Crippen molar-refractivity contribution < 1.29 is 9.59 Å². The molecule has 0 aromatic heterocycles. The Morgan fingerprint density at radius 3 is 2.15 bits per heavy atom. The van der Waals surface area contributed by atoms with E-state index in [1.165, 1.54) is 0 Å².